The fourth-order valence-corrected chi connectivity index (χ4v) is 2.63. The fraction of sp³-hybridized carbons (Fsp3) is 0.333. The van der Waals surface area contributed by atoms with Crippen molar-refractivity contribution >= 4 is 24.1 Å². The van der Waals surface area contributed by atoms with Gasteiger partial charge in [-0.1, -0.05) is 30.3 Å². The number of esters is 2. The number of rotatable bonds is 8. The van der Waals surface area contributed by atoms with Crippen LogP contribution in [-0.4, -0.2) is 41.8 Å². The van der Waals surface area contributed by atoms with Crippen molar-refractivity contribution in [3.05, 3.63) is 71.3 Å². The standard InChI is InChI=1S/C24H27FN2O6/c1-24(2,3)33-23(30)27-20(22(29)32-15-16-8-6-5-7-9-16)14-17-10-11-18(25)19(26-17)12-13-21(28)31-4/h5-13,20H,14-15H2,1-4H3,(H,27,30). The van der Waals surface area contributed by atoms with Crippen molar-refractivity contribution in [2.45, 2.75) is 45.4 Å². The Labute approximate surface area is 191 Å². The number of pyridine rings is 1. The smallest absolute Gasteiger partial charge is 0.408 e. The van der Waals surface area contributed by atoms with Crippen LogP contribution >= 0.6 is 0 Å². The third-order valence-corrected chi connectivity index (χ3v) is 4.12. The summed E-state index contributed by atoms with van der Waals surface area (Å²) in [7, 11) is 1.20. The molecule has 1 amide bonds. The molecule has 0 saturated heterocycles. The number of ether oxygens (including phenoxy) is 3. The van der Waals surface area contributed by atoms with Gasteiger partial charge >= 0.3 is 18.0 Å². The van der Waals surface area contributed by atoms with Crippen LogP contribution in [0.5, 0.6) is 0 Å². The summed E-state index contributed by atoms with van der Waals surface area (Å²) >= 11 is 0. The van der Waals surface area contributed by atoms with E-state index in [0.717, 1.165) is 23.8 Å². The molecule has 0 aliphatic heterocycles. The zero-order valence-electron chi connectivity index (χ0n) is 19.0. The normalized spacial score (nSPS) is 12.2. The second-order valence-electron chi connectivity index (χ2n) is 8.02. The lowest BCUT2D eigenvalue weighted by Gasteiger charge is -2.23. The van der Waals surface area contributed by atoms with Gasteiger partial charge in [0.15, 0.2) is 0 Å². The van der Waals surface area contributed by atoms with E-state index in [9.17, 15) is 18.8 Å². The zero-order chi connectivity index (χ0) is 24.4. The highest BCUT2D eigenvalue weighted by atomic mass is 19.1. The Hall–Kier alpha value is -3.75. The first-order chi connectivity index (χ1) is 15.6. The molecule has 0 aliphatic carbocycles. The van der Waals surface area contributed by atoms with Gasteiger partial charge < -0.3 is 19.5 Å². The van der Waals surface area contributed by atoms with E-state index in [4.69, 9.17) is 9.47 Å². The third-order valence-electron chi connectivity index (χ3n) is 4.12. The summed E-state index contributed by atoms with van der Waals surface area (Å²) in [5, 5.41) is 2.49. The number of alkyl carbamates (subject to hydrolysis) is 1. The van der Waals surface area contributed by atoms with Crippen molar-refractivity contribution in [1.82, 2.24) is 10.3 Å². The molecule has 8 nitrogen and oxygen atoms in total. The molecule has 1 atom stereocenters. The minimum Gasteiger partial charge on any atom is -0.466 e. The van der Waals surface area contributed by atoms with Crippen LogP contribution in [0.25, 0.3) is 6.08 Å². The van der Waals surface area contributed by atoms with Gasteiger partial charge in [-0.25, -0.2) is 18.8 Å². The number of carbonyl (C=O) groups excluding carboxylic acids is 3. The summed E-state index contributed by atoms with van der Waals surface area (Å²) in [6, 6.07) is 10.4. The summed E-state index contributed by atoms with van der Waals surface area (Å²) in [6.07, 6.45) is 1.29. The topological polar surface area (TPSA) is 104 Å². The number of hydrogen-bond donors (Lipinski definition) is 1. The van der Waals surface area contributed by atoms with Gasteiger partial charge in [-0.3, -0.25) is 4.98 Å². The highest BCUT2D eigenvalue weighted by molar-refractivity contribution is 5.86. The van der Waals surface area contributed by atoms with Crippen LogP contribution in [0.2, 0.25) is 0 Å². The van der Waals surface area contributed by atoms with E-state index in [1.54, 1.807) is 32.9 Å². The fourth-order valence-electron chi connectivity index (χ4n) is 2.63. The van der Waals surface area contributed by atoms with Crippen LogP contribution in [0.1, 0.15) is 37.7 Å². The molecule has 0 saturated carbocycles. The number of nitrogens with one attached hydrogen (secondary N) is 1. The second-order valence-corrected chi connectivity index (χ2v) is 8.02. The Balaban J connectivity index is 2.20. The van der Waals surface area contributed by atoms with Gasteiger partial charge in [0.2, 0.25) is 0 Å². The first-order valence-corrected chi connectivity index (χ1v) is 10.2. The summed E-state index contributed by atoms with van der Waals surface area (Å²) in [5.74, 6) is -2.04. The van der Waals surface area contributed by atoms with Crippen molar-refractivity contribution in [3.8, 4) is 0 Å². The summed E-state index contributed by atoms with van der Waals surface area (Å²) < 4.78 is 29.2. The lowest BCUT2D eigenvalue weighted by atomic mass is 10.1. The molecular formula is C24H27FN2O6. The summed E-state index contributed by atoms with van der Waals surface area (Å²) in [5.41, 5.74) is 0.171. The summed E-state index contributed by atoms with van der Waals surface area (Å²) in [4.78, 5) is 40.5. The van der Waals surface area contributed by atoms with Crippen molar-refractivity contribution in [3.63, 3.8) is 0 Å². The Morgan fingerprint density at radius 1 is 1.12 bits per heavy atom. The van der Waals surface area contributed by atoms with Crippen LogP contribution in [0.4, 0.5) is 9.18 Å². The van der Waals surface area contributed by atoms with E-state index >= 15 is 0 Å². The predicted molar refractivity (Wildman–Crippen MR) is 118 cm³/mol. The highest BCUT2D eigenvalue weighted by Crippen LogP contribution is 2.13. The molecule has 33 heavy (non-hydrogen) atoms. The molecule has 1 unspecified atom stereocenters. The number of amides is 1. The van der Waals surface area contributed by atoms with Crippen molar-refractivity contribution in [1.29, 1.82) is 0 Å². The molecule has 176 valence electrons. The van der Waals surface area contributed by atoms with Crippen molar-refractivity contribution < 1.29 is 33.0 Å². The van der Waals surface area contributed by atoms with E-state index in [0.29, 0.717) is 5.69 Å². The molecule has 2 aromatic rings. The second kappa shape index (κ2) is 11.8. The largest absolute Gasteiger partial charge is 0.466 e. The predicted octanol–water partition coefficient (Wildman–Crippen LogP) is 3.59. The number of benzene rings is 1. The van der Waals surface area contributed by atoms with E-state index in [1.165, 1.54) is 13.2 Å². The Kier molecular flexibility index (Phi) is 9.08. The highest BCUT2D eigenvalue weighted by Gasteiger charge is 2.26. The summed E-state index contributed by atoms with van der Waals surface area (Å²) in [6.45, 7) is 5.08. The molecule has 0 bridgehead atoms. The van der Waals surface area contributed by atoms with E-state index in [-0.39, 0.29) is 18.7 Å². The zero-order valence-corrected chi connectivity index (χ0v) is 19.0. The van der Waals surface area contributed by atoms with Gasteiger partial charge in [0, 0.05) is 18.2 Å². The molecular weight excluding hydrogens is 431 g/mol. The lowest BCUT2D eigenvalue weighted by Crippen LogP contribution is -2.45. The average Bonchev–Trinajstić information content (AvgIpc) is 2.76. The van der Waals surface area contributed by atoms with E-state index < -0.39 is 35.5 Å². The van der Waals surface area contributed by atoms with Crippen LogP contribution in [0.3, 0.4) is 0 Å². The maximum Gasteiger partial charge on any atom is 0.408 e. The van der Waals surface area contributed by atoms with Gasteiger partial charge in [-0.2, -0.15) is 0 Å². The van der Waals surface area contributed by atoms with Crippen LogP contribution in [0.15, 0.2) is 48.5 Å². The first-order valence-electron chi connectivity index (χ1n) is 10.2. The molecule has 1 aromatic heterocycles. The number of aromatic nitrogens is 1. The Morgan fingerprint density at radius 2 is 1.82 bits per heavy atom. The maximum absolute atomic E-state index is 14.1. The van der Waals surface area contributed by atoms with Gasteiger partial charge in [0.25, 0.3) is 0 Å². The molecule has 0 fully saturated rings. The Bertz CT molecular complexity index is 1000. The van der Waals surface area contributed by atoms with E-state index in [1.807, 2.05) is 18.2 Å². The quantitative estimate of drug-likeness (QED) is 0.366. The molecule has 0 radical (unpaired) electrons. The van der Waals surface area contributed by atoms with Crippen molar-refractivity contribution in [2.75, 3.05) is 7.11 Å². The molecule has 0 spiro atoms. The number of nitrogens with zero attached hydrogens (tertiary/aromatic N) is 1. The minimum absolute atomic E-state index is 0.0101. The van der Waals surface area contributed by atoms with Gasteiger partial charge in [-0.05, 0) is 44.5 Å². The van der Waals surface area contributed by atoms with Gasteiger partial charge in [-0.15, -0.1) is 0 Å². The molecule has 9 heteroatoms. The van der Waals surface area contributed by atoms with Crippen molar-refractivity contribution in [2.24, 2.45) is 0 Å². The monoisotopic (exact) mass is 458 g/mol. The Morgan fingerprint density at radius 3 is 2.45 bits per heavy atom. The van der Waals surface area contributed by atoms with Gasteiger partial charge in [0.1, 0.15) is 24.1 Å². The van der Waals surface area contributed by atoms with Crippen LogP contribution in [-0.2, 0) is 36.8 Å². The van der Waals surface area contributed by atoms with Crippen LogP contribution in [0, 0.1) is 5.82 Å². The minimum atomic E-state index is -1.14. The SMILES string of the molecule is COC(=O)C=Cc1nc(CC(NC(=O)OC(C)(C)C)C(=O)OCc2ccccc2)ccc1F. The number of carbonyl (C=O) groups is 3. The third kappa shape index (κ3) is 9.10. The molecule has 2 rings (SSSR count). The number of halogens is 1. The van der Waals surface area contributed by atoms with Gasteiger partial charge in [0.05, 0.1) is 12.8 Å². The molecule has 0 aliphatic rings. The lowest BCUT2D eigenvalue weighted by molar-refractivity contribution is -0.147. The molecule has 1 N–H and O–H groups in total. The first kappa shape index (κ1) is 25.5. The van der Waals surface area contributed by atoms with Crippen LogP contribution < -0.4 is 5.32 Å². The number of methoxy groups -OCH3 is 1. The maximum atomic E-state index is 14.1. The molecule has 1 aromatic carbocycles. The van der Waals surface area contributed by atoms with E-state index in [2.05, 4.69) is 15.0 Å². The number of hydrogen-bond acceptors (Lipinski definition) is 7. The molecule has 1 heterocycles. The average molecular weight is 458 g/mol.